The Bertz CT molecular complexity index is 464. The molecule has 1 aromatic rings. The van der Waals surface area contributed by atoms with Crippen LogP contribution in [0, 0.1) is 5.92 Å². The second kappa shape index (κ2) is 7.08. The van der Waals surface area contributed by atoms with Gasteiger partial charge in [0.05, 0.1) is 5.56 Å². The molecule has 3 atom stereocenters. The van der Waals surface area contributed by atoms with E-state index >= 15 is 0 Å². The summed E-state index contributed by atoms with van der Waals surface area (Å²) in [6, 6.07) is 6.86. The van der Waals surface area contributed by atoms with E-state index in [0.29, 0.717) is 0 Å². The number of rotatable bonds is 6. The number of carbonyl (C=O) groups is 2. The van der Waals surface area contributed by atoms with E-state index in [4.69, 9.17) is 9.84 Å². The molecule has 0 radical (unpaired) electrons. The molecule has 0 saturated heterocycles. The summed E-state index contributed by atoms with van der Waals surface area (Å²) in [4.78, 5) is 21.9. The quantitative estimate of drug-likeness (QED) is 0.809. The van der Waals surface area contributed by atoms with Crippen LogP contribution in [0.3, 0.4) is 0 Å². The van der Waals surface area contributed by atoms with Gasteiger partial charge < -0.3 is 9.84 Å². The number of ether oxygens (including phenoxy) is 1. The molecule has 110 valence electrons. The minimum absolute atomic E-state index is 0.123. The number of carboxylic acid groups (broad SMARTS) is 1. The van der Waals surface area contributed by atoms with E-state index in [1.807, 2.05) is 26.0 Å². The summed E-state index contributed by atoms with van der Waals surface area (Å²) in [5.74, 6) is -0.845. The summed E-state index contributed by atoms with van der Waals surface area (Å²) >= 11 is 0. The molecular formula is C16H22O4. The van der Waals surface area contributed by atoms with Crippen LogP contribution in [0.5, 0.6) is 0 Å². The Morgan fingerprint density at radius 1 is 1.20 bits per heavy atom. The molecule has 0 spiro atoms. The fraction of sp³-hybridized carbons (Fsp3) is 0.500. The van der Waals surface area contributed by atoms with Crippen molar-refractivity contribution < 1.29 is 19.4 Å². The highest BCUT2D eigenvalue weighted by atomic mass is 16.5. The lowest BCUT2D eigenvalue weighted by Crippen LogP contribution is -2.27. The molecule has 1 aromatic carbocycles. The Kier molecular flexibility index (Phi) is 5.74. The van der Waals surface area contributed by atoms with Crippen molar-refractivity contribution >= 4 is 11.9 Å². The van der Waals surface area contributed by atoms with E-state index in [1.54, 1.807) is 12.1 Å². The van der Waals surface area contributed by atoms with Crippen LogP contribution in [0.2, 0.25) is 0 Å². The molecular weight excluding hydrogens is 256 g/mol. The average Bonchev–Trinajstić information content (AvgIpc) is 2.43. The minimum Gasteiger partial charge on any atom is -0.478 e. The lowest BCUT2D eigenvalue weighted by molar-refractivity contribution is -0.149. The van der Waals surface area contributed by atoms with Crippen molar-refractivity contribution in [3.8, 4) is 0 Å². The van der Waals surface area contributed by atoms with Crippen molar-refractivity contribution in [3.05, 3.63) is 35.4 Å². The lowest BCUT2D eigenvalue weighted by atomic mass is 9.84. The molecule has 0 aliphatic heterocycles. The lowest BCUT2D eigenvalue weighted by Gasteiger charge is -2.28. The van der Waals surface area contributed by atoms with E-state index in [0.717, 1.165) is 12.0 Å². The molecule has 0 aliphatic carbocycles. The number of carbonyl (C=O) groups excluding carboxylic acids is 1. The molecule has 0 aromatic heterocycles. The monoisotopic (exact) mass is 278 g/mol. The van der Waals surface area contributed by atoms with Crippen LogP contribution >= 0.6 is 0 Å². The van der Waals surface area contributed by atoms with Crippen LogP contribution in [0.1, 0.15) is 56.0 Å². The Morgan fingerprint density at radius 2 is 1.75 bits per heavy atom. The van der Waals surface area contributed by atoms with Crippen LogP contribution in [-0.4, -0.2) is 23.1 Å². The van der Waals surface area contributed by atoms with E-state index in [2.05, 4.69) is 6.92 Å². The zero-order valence-electron chi connectivity index (χ0n) is 12.4. The van der Waals surface area contributed by atoms with E-state index in [9.17, 15) is 9.59 Å². The highest BCUT2D eigenvalue weighted by molar-refractivity contribution is 5.87. The second-order valence-electron chi connectivity index (χ2n) is 5.13. The van der Waals surface area contributed by atoms with Gasteiger partial charge in [0.2, 0.25) is 0 Å². The van der Waals surface area contributed by atoms with Crippen LogP contribution in [-0.2, 0) is 9.53 Å². The van der Waals surface area contributed by atoms with Crippen LogP contribution in [0.25, 0.3) is 0 Å². The first-order valence-electron chi connectivity index (χ1n) is 6.87. The maximum atomic E-state index is 11.1. The van der Waals surface area contributed by atoms with Gasteiger partial charge in [0.15, 0.2) is 0 Å². The number of aromatic carboxylic acids is 1. The largest absolute Gasteiger partial charge is 0.478 e. The summed E-state index contributed by atoms with van der Waals surface area (Å²) < 4.78 is 5.33. The van der Waals surface area contributed by atoms with Crippen molar-refractivity contribution in [1.29, 1.82) is 0 Å². The fourth-order valence-corrected chi connectivity index (χ4v) is 2.33. The molecule has 3 unspecified atom stereocenters. The normalized spacial score (nSPS) is 15.2. The molecule has 0 bridgehead atoms. The molecule has 1 rings (SSSR count). The van der Waals surface area contributed by atoms with E-state index in [-0.39, 0.29) is 29.5 Å². The minimum atomic E-state index is -0.927. The van der Waals surface area contributed by atoms with Gasteiger partial charge in [0.25, 0.3) is 0 Å². The van der Waals surface area contributed by atoms with Gasteiger partial charge in [-0.25, -0.2) is 4.79 Å². The van der Waals surface area contributed by atoms with Gasteiger partial charge in [-0.2, -0.15) is 0 Å². The number of hydrogen-bond donors (Lipinski definition) is 1. The fourth-order valence-electron chi connectivity index (χ4n) is 2.33. The summed E-state index contributed by atoms with van der Waals surface area (Å²) in [5.41, 5.74) is 1.33. The van der Waals surface area contributed by atoms with Gasteiger partial charge in [0, 0.05) is 6.92 Å². The van der Waals surface area contributed by atoms with Crippen LogP contribution < -0.4 is 0 Å². The van der Waals surface area contributed by atoms with E-state index < -0.39 is 5.97 Å². The highest BCUT2D eigenvalue weighted by Gasteiger charge is 2.25. The smallest absolute Gasteiger partial charge is 0.335 e. The van der Waals surface area contributed by atoms with Crippen molar-refractivity contribution in [3.63, 3.8) is 0 Å². The molecule has 1 N–H and O–H groups in total. The van der Waals surface area contributed by atoms with Crippen molar-refractivity contribution in [1.82, 2.24) is 0 Å². The number of carboxylic acids is 1. The van der Waals surface area contributed by atoms with Gasteiger partial charge in [0.1, 0.15) is 6.10 Å². The van der Waals surface area contributed by atoms with Gasteiger partial charge in [-0.1, -0.05) is 32.9 Å². The first-order valence-corrected chi connectivity index (χ1v) is 6.87. The molecule has 4 nitrogen and oxygen atoms in total. The number of esters is 1. The van der Waals surface area contributed by atoms with Crippen molar-refractivity contribution in [2.45, 2.75) is 46.1 Å². The third-order valence-electron chi connectivity index (χ3n) is 3.78. The summed E-state index contributed by atoms with van der Waals surface area (Å²) in [6.07, 6.45) is 0.639. The maximum Gasteiger partial charge on any atom is 0.335 e. The van der Waals surface area contributed by atoms with E-state index in [1.165, 1.54) is 6.92 Å². The molecule has 0 fully saturated rings. The Labute approximate surface area is 119 Å². The summed E-state index contributed by atoms with van der Waals surface area (Å²) in [6.45, 7) is 7.52. The molecule has 0 heterocycles. The van der Waals surface area contributed by atoms with Gasteiger partial charge in [-0.3, -0.25) is 4.79 Å². The third kappa shape index (κ3) is 4.08. The standard InChI is InChI=1S/C16H22O4/c1-5-15(20-12(4)17)11(3)10(2)13-6-8-14(9-7-13)16(18)19/h6-11,15H,5H2,1-4H3,(H,18,19). The maximum absolute atomic E-state index is 11.1. The topological polar surface area (TPSA) is 63.6 Å². The number of benzene rings is 1. The predicted molar refractivity (Wildman–Crippen MR) is 76.8 cm³/mol. The van der Waals surface area contributed by atoms with Gasteiger partial charge >= 0.3 is 11.9 Å². The molecule has 20 heavy (non-hydrogen) atoms. The van der Waals surface area contributed by atoms with Gasteiger partial charge in [-0.15, -0.1) is 0 Å². The highest BCUT2D eigenvalue weighted by Crippen LogP contribution is 2.29. The summed E-state index contributed by atoms with van der Waals surface area (Å²) in [5, 5.41) is 8.89. The van der Waals surface area contributed by atoms with Crippen LogP contribution in [0.4, 0.5) is 0 Å². The Balaban J connectivity index is 2.84. The molecule has 0 amide bonds. The number of hydrogen-bond acceptors (Lipinski definition) is 3. The Hall–Kier alpha value is -1.84. The van der Waals surface area contributed by atoms with Crippen molar-refractivity contribution in [2.75, 3.05) is 0 Å². The first kappa shape index (κ1) is 16.2. The third-order valence-corrected chi connectivity index (χ3v) is 3.78. The molecule has 0 saturated carbocycles. The zero-order chi connectivity index (χ0) is 15.3. The summed E-state index contributed by atoms with van der Waals surface area (Å²) in [7, 11) is 0. The van der Waals surface area contributed by atoms with Gasteiger partial charge in [-0.05, 0) is 36.0 Å². The SMILES string of the molecule is CCC(OC(C)=O)C(C)C(C)c1ccc(C(=O)O)cc1. The van der Waals surface area contributed by atoms with Crippen molar-refractivity contribution in [2.24, 2.45) is 5.92 Å². The Morgan fingerprint density at radius 3 is 2.15 bits per heavy atom. The van der Waals surface area contributed by atoms with Crippen LogP contribution in [0.15, 0.2) is 24.3 Å². The molecule has 0 aliphatic rings. The molecule has 4 heteroatoms. The second-order valence-corrected chi connectivity index (χ2v) is 5.13. The predicted octanol–water partition coefficient (Wildman–Crippen LogP) is 3.47. The zero-order valence-corrected chi connectivity index (χ0v) is 12.4. The average molecular weight is 278 g/mol. The first-order chi connectivity index (χ1) is 9.36.